The first-order valence-electron chi connectivity index (χ1n) is 11.6. The highest BCUT2D eigenvalue weighted by Crippen LogP contribution is 2.35. The Kier molecular flexibility index (Phi) is 6.24. The molecule has 1 N–H and O–H groups in total. The van der Waals surface area contributed by atoms with Crippen molar-refractivity contribution in [2.24, 2.45) is 0 Å². The van der Waals surface area contributed by atoms with Crippen molar-refractivity contribution in [3.63, 3.8) is 0 Å². The third kappa shape index (κ3) is 4.82. The zero-order valence-corrected chi connectivity index (χ0v) is 19.6. The van der Waals surface area contributed by atoms with Gasteiger partial charge in [-0.15, -0.1) is 0 Å². The summed E-state index contributed by atoms with van der Waals surface area (Å²) in [7, 11) is 0. The Labute approximate surface area is 210 Å². The second kappa shape index (κ2) is 9.53. The van der Waals surface area contributed by atoms with E-state index in [-0.39, 0.29) is 23.2 Å². The van der Waals surface area contributed by atoms with Crippen molar-refractivity contribution in [2.75, 3.05) is 18.4 Å². The summed E-state index contributed by atoms with van der Waals surface area (Å²) >= 11 is 0. The highest BCUT2D eigenvalue weighted by Gasteiger charge is 2.31. The monoisotopic (exact) mass is 505 g/mol. The quantitative estimate of drug-likeness (QED) is 0.380. The maximum Gasteiger partial charge on any atom is 0.416 e. The Morgan fingerprint density at radius 1 is 1.08 bits per heavy atom. The maximum atomic E-state index is 12.9. The molecule has 1 fully saturated rings. The van der Waals surface area contributed by atoms with Crippen molar-refractivity contribution in [3.8, 4) is 11.3 Å². The lowest BCUT2D eigenvalue weighted by Gasteiger charge is -2.13. The summed E-state index contributed by atoms with van der Waals surface area (Å²) in [5.41, 5.74) is 3.18. The number of carbonyl (C=O) groups is 2. The molecule has 1 aliphatic rings. The van der Waals surface area contributed by atoms with Crippen LogP contribution in [0.2, 0.25) is 0 Å². The van der Waals surface area contributed by atoms with Crippen LogP contribution in [0.1, 0.15) is 33.8 Å². The lowest BCUT2D eigenvalue weighted by molar-refractivity contribution is -0.137. The van der Waals surface area contributed by atoms with Crippen molar-refractivity contribution in [3.05, 3.63) is 96.6 Å². The van der Waals surface area contributed by atoms with E-state index in [0.717, 1.165) is 47.1 Å². The van der Waals surface area contributed by atoms with E-state index in [0.29, 0.717) is 13.1 Å². The molecular weight excluding hydrogens is 483 g/mol. The number of amides is 2. The molecule has 0 aliphatic carbocycles. The molecule has 1 saturated heterocycles. The zero-order chi connectivity index (χ0) is 26.2. The molecule has 2 amide bonds. The fourth-order valence-corrected chi connectivity index (χ4v) is 4.63. The number of nitrogens with one attached hydrogen (secondary N) is 1. The Balaban J connectivity index is 1.39. The van der Waals surface area contributed by atoms with E-state index in [2.05, 4.69) is 27.9 Å². The van der Waals surface area contributed by atoms with Crippen molar-refractivity contribution in [1.82, 2.24) is 19.3 Å². The summed E-state index contributed by atoms with van der Waals surface area (Å²) in [5.74, 6) is -0.668. The predicted molar refractivity (Wildman–Crippen MR) is 132 cm³/mol. The highest BCUT2D eigenvalue weighted by atomic mass is 19.4. The number of benzene rings is 1. The number of nitrogens with zero attached hydrogens (tertiary/aromatic N) is 4. The topological polar surface area (TPSA) is 79.6 Å². The van der Waals surface area contributed by atoms with Gasteiger partial charge in [-0.2, -0.15) is 13.2 Å². The third-order valence-electron chi connectivity index (χ3n) is 6.49. The fourth-order valence-electron chi connectivity index (χ4n) is 4.63. The van der Waals surface area contributed by atoms with E-state index in [9.17, 15) is 22.8 Å². The van der Waals surface area contributed by atoms with Crippen LogP contribution in [0.25, 0.3) is 16.8 Å². The molecule has 3 aromatic heterocycles. The van der Waals surface area contributed by atoms with E-state index >= 15 is 0 Å². The van der Waals surface area contributed by atoms with Gasteiger partial charge in [-0.3, -0.25) is 9.59 Å². The van der Waals surface area contributed by atoms with Gasteiger partial charge in [0.25, 0.3) is 5.91 Å². The van der Waals surface area contributed by atoms with Gasteiger partial charge in [-0.1, -0.05) is 18.7 Å². The minimum Gasteiger partial charge on any atom is -0.339 e. The second-order valence-electron chi connectivity index (χ2n) is 8.75. The average Bonchev–Trinajstić information content (AvgIpc) is 3.53. The minimum absolute atomic E-state index is 0.0814. The van der Waals surface area contributed by atoms with Crippen LogP contribution in [0.4, 0.5) is 19.0 Å². The number of anilines is 1. The smallest absolute Gasteiger partial charge is 0.339 e. The number of fused-ring (bicyclic) bond motifs is 1. The van der Waals surface area contributed by atoms with Crippen molar-refractivity contribution < 1.29 is 22.8 Å². The molecule has 5 rings (SSSR count). The molecule has 0 bridgehead atoms. The first-order chi connectivity index (χ1) is 17.7. The summed E-state index contributed by atoms with van der Waals surface area (Å²) in [6.45, 7) is 4.84. The van der Waals surface area contributed by atoms with Gasteiger partial charge in [0.2, 0.25) is 5.91 Å². The first kappa shape index (κ1) is 24.2. The number of hydrogen-bond donors (Lipinski definition) is 1. The van der Waals surface area contributed by atoms with Gasteiger partial charge in [0.15, 0.2) is 0 Å². The number of hydrogen-bond acceptors (Lipinski definition) is 4. The van der Waals surface area contributed by atoms with Crippen LogP contribution >= 0.6 is 0 Å². The molecule has 4 heterocycles. The van der Waals surface area contributed by atoms with Crippen molar-refractivity contribution in [1.29, 1.82) is 0 Å². The van der Waals surface area contributed by atoms with E-state index in [4.69, 9.17) is 0 Å². The average molecular weight is 506 g/mol. The van der Waals surface area contributed by atoms with Crippen LogP contribution in [0.3, 0.4) is 0 Å². The molecule has 1 aliphatic heterocycles. The summed E-state index contributed by atoms with van der Waals surface area (Å²) in [6.07, 6.45) is 2.08. The third-order valence-corrected chi connectivity index (χ3v) is 6.49. The maximum absolute atomic E-state index is 12.9. The van der Waals surface area contributed by atoms with Gasteiger partial charge >= 0.3 is 6.18 Å². The van der Waals surface area contributed by atoms with Crippen molar-refractivity contribution >= 4 is 23.1 Å². The van der Waals surface area contributed by atoms with E-state index < -0.39 is 17.6 Å². The summed E-state index contributed by atoms with van der Waals surface area (Å²) in [5, 5.41) is 2.41. The zero-order valence-electron chi connectivity index (χ0n) is 19.6. The first-order valence-corrected chi connectivity index (χ1v) is 11.6. The molecule has 0 radical (unpaired) electrons. The van der Waals surface area contributed by atoms with Crippen LogP contribution in [0, 0.1) is 0 Å². The molecule has 10 heteroatoms. The molecule has 188 valence electrons. The van der Waals surface area contributed by atoms with E-state index in [1.165, 1.54) is 6.08 Å². The van der Waals surface area contributed by atoms with Crippen LogP contribution in [-0.2, 0) is 11.0 Å². The molecule has 37 heavy (non-hydrogen) atoms. The van der Waals surface area contributed by atoms with Gasteiger partial charge in [0.05, 0.1) is 23.1 Å². The van der Waals surface area contributed by atoms with Gasteiger partial charge in [0, 0.05) is 37.0 Å². The Morgan fingerprint density at radius 2 is 1.86 bits per heavy atom. The van der Waals surface area contributed by atoms with Crippen LogP contribution in [0.15, 0.2) is 79.9 Å². The van der Waals surface area contributed by atoms with Crippen LogP contribution in [-0.4, -0.2) is 44.2 Å². The Bertz CT molecular complexity index is 1490. The molecular formula is C27H22F3N5O2. The minimum atomic E-state index is -4.53. The number of likely N-dealkylation sites (tertiary alicyclic amines) is 1. The van der Waals surface area contributed by atoms with Gasteiger partial charge in [-0.05, 0) is 60.0 Å². The van der Waals surface area contributed by atoms with Crippen molar-refractivity contribution in [2.45, 2.75) is 18.5 Å². The molecule has 7 nitrogen and oxygen atoms in total. The van der Waals surface area contributed by atoms with Gasteiger partial charge in [0.1, 0.15) is 5.82 Å². The second-order valence-corrected chi connectivity index (χ2v) is 8.75. The molecule has 0 spiro atoms. The lowest BCUT2D eigenvalue weighted by Crippen LogP contribution is -2.26. The number of alkyl halides is 3. The number of aromatic nitrogens is 3. The molecule has 1 unspecified atom stereocenters. The van der Waals surface area contributed by atoms with E-state index in [1.54, 1.807) is 41.7 Å². The summed E-state index contributed by atoms with van der Waals surface area (Å²) < 4.78 is 40.8. The normalized spacial score (nSPS) is 15.6. The Morgan fingerprint density at radius 3 is 2.59 bits per heavy atom. The number of pyridine rings is 1. The number of carbonyl (C=O) groups excluding carboxylic acids is 2. The van der Waals surface area contributed by atoms with E-state index in [1.807, 2.05) is 10.5 Å². The largest absolute Gasteiger partial charge is 0.416 e. The lowest BCUT2D eigenvalue weighted by atomic mass is 9.98. The number of rotatable bonds is 5. The van der Waals surface area contributed by atoms with Crippen LogP contribution < -0.4 is 5.32 Å². The summed E-state index contributed by atoms with van der Waals surface area (Å²) in [4.78, 5) is 34.5. The predicted octanol–water partition coefficient (Wildman–Crippen LogP) is 5.17. The molecule has 1 atom stereocenters. The molecule has 0 saturated carbocycles. The highest BCUT2D eigenvalue weighted by molar-refractivity contribution is 6.04. The SMILES string of the molecule is C=CC(=O)N1CCC(c2cc(-c3ccc(C(=O)Nc4cc(C(F)(F)F)ccn4)cc3)n3cnccc23)C1. The molecule has 4 aromatic rings. The van der Waals surface area contributed by atoms with Crippen LogP contribution in [0.5, 0.6) is 0 Å². The fraction of sp³-hybridized carbons (Fsp3) is 0.185. The van der Waals surface area contributed by atoms with Gasteiger partial charge in [-0.25, -0.2) is 9.97 Å². The van der Waals surface area contributed by atoms with Gasteiger partial charge < -0.3 is 14.6 Å². The Hall–Kier alpha value is -4.47. The molecule has 1 aromatic carbocycles. The number of halogens is 3. The summed E-state index contributed by atoms with van der Waals surface area (Å²) in [6, 6.07) is 12.4. The standard InChI is InChI=1S/C27H22F3N5O2/c1-2-25(36)34-12-9-19(15-34)21-14-23(35-16-31-10-8-22(21)35)17-3-5-18(6-4-17)26(37)33-24-13-20(7-11-32-24)27(28,29)30/h2-8,10-11,13-14,16,19H,1,9,12,15H2,(H,32,33,37).